The molecular formula is C19H19FN2O3S. The number of benzene rings is 1. The zero-order valence-corrected chi connectivity index (χ0v) is 15.0. The Hall–Kier alpha value is -2.80. The first kappa shape index (κ1) is 18.0. The molecule has 5 nitrogen and oxygen atoms in total. The standard InChI is InChI=1S/C19H19FN2O3S/c1-21(11-13-4-6-14(20)7-5-13)18(24)16-12-22(19(25)17(16)23)9-8-15-3-2-10-26-15/h2-7,10,12,23,25H,8-9,11H2,1H3. The van der Waals surface area contributed by atoms with Gasteiger partial charge in [-0.15, -0.1) is 11.3 Å². The van der Waals surface area contributed by atoms with Crippen molar-refractivity contribution in [2.24, 2.45) is 0 Å². The van der Waals surface area contributed by atoms with Gasteiger partial charge in [0.25, 0.3) is 5.91 Å². The van der Waals surface area contributed by atoms with Gasteiger partial charge in [0, 0.05) is 31.2 Å². The molecule has 0 saturated carbocycles. The van der Waals surface area contributed by atoms with E-state index in [0.29, 0.717) is 13.0 Å². The summed E-state index contributed by atoms with van der Waals surface area (Å²) in [4.78, 5) is 15.2. The summed E-state index contributed by atoms with van der Waals surface area (Å²) >= 11 is 1.61. The lowest BCUT2D eigenvalue weighted by Crippen LogP contribution is -2.26. The minimum Gasteiger partial charge on any atom is -0.503 e. The van der Waals surface area contributed by atoms with E-state index in [1.54, 1.807) is 30.5 Å². The third kappa shape index (κ3) is 3.88. The van der Waals surface area contributed by atoms with Crippen molar-refractivity contribution in [2.45, 2.75) is 19.5 Å². The molecule has 0 aliphatic heterocycles. The second-order valence-electron chi connectivity index (χ2n) is 6.03. The van der Waals surface area contributed by atoms with Crippen LogP contribution < -0.4 is 0 Å². The second kappa shape index (κ2) is 7.61. The van der Waals surface area contributed by atoms with Gasteiger partial charge in [0.2, 0.25) is 5.88 Å². The molecule has 0 saturated heterocycles. The molecule has 2 heterocycles. The number of hydrogen-bond acceptors (Lipinski definition) is 4. The Balaban J connectivity index is 1.72. The number of halogens is 1. The number of aromatic hydroxyl groups is 2. The van der Waals surface area contributed by atoms with Gasteiger partial charge in [-0.2, -0.15) is 0 Å². The molecule has 1 amide bonds. The van der Waals surface area contributed by atoms with Crippen LogP contribution in [0.1, 0.15) is 20.8 Å². The summed E-state index contributed by atoms with van der Waals surface area (Å²) in [5, 5.41) is 22.2. The van der Waals surface area contributed by atoms with Crippen LogP contribution in [-0.4, -0.2) is 32.6 Å². The van der Waals surface area contributed by atoms with Gasteiger partial charge in [-0.05, 0) is 35.6 Å². The van der Waals surface area contributed by atoms with Crippen molar-refractivity contribution in [2.75, 3.05) is 7.05 Å². The van der Waals surface area contributed by atoms with Crippen LogP contribution >= 0.6 is 11.3 Å². The minimum absolute atomic E-state index is 0.0401. The lowest BCUT2D eigenvalue weighted by Gasteiger charge is -2.16. The number of thiophene rings is 1. The molecule has 2 N–H and O–H groups in total. The summed E-state index contributed by atoms with van der Waals surface area (Å²) in [5.74, 6) is -1.50. The third-order valence-electron chi connectivity index (χ3n) is 4.11. The van der Waals surface area contributed by atoms with Crippen LogP contribution in [0.4, 0.5) is 4.39 Å². The maximum Gasteiger partial charge on any atom is 0.259 e. The van der Waals surface area contributed by atoms with Crippen molar-refractivity contribution in [3.05, 3.63) is 69.8 Å². The highest BCUT2D eigenvalue weighted by molar-refractivity contribution is 7.09. The average molecular weight is 374 g/mol. The van der Waals surface area contributed by atoms with Gasteiger partial charge < -0.3 is 19.7 Å². The molecule has 0 bridgehead atoms. The smallest absolute Gasteiger partial charge is 0.259 e. The first-order chi connectivity index (χ1) is 12.5. The average Bonchev–Trinajstić information content (AvgIpc) is 3.24. The quantitative estimate of drug-likeness (QED) is 0.693. The van der Waals surface area contributed by atoms with E-state index in [-0.39, 0.29) is 23.8 Å². The monoisotopic (exact) mass is 374 g/mol. The van der Waals surface area contributed by atoms with Gasteiger partial charge in [0.15, 0.2) is 5.75 Å². The highest BCUT2D eigenvalue weighted by atomic mass is 32.1. The lowest BCUT2D eigenvalue weighted by molar-refractivity contribution is 0.0782. The molecule has 0 atom stereocenters. The lowest BCUT2D eigenvalue weighted by atomic mass is 10.2. The molecular weight excluding hydrogens is 355 g/mol. The van der Waals surface area contributed by atoms with Crippen LogP contribution in [-0.2, 0) is 19.5 Å². The number of aryl methyl sites for hydroxylation is 2. The summed E-state index contributed by atoms with van der Waals surface area (Å²) in [6, 6.07) is 9.81. The molecule has 2 aromatic heterocycles. The number of amides is 1. The minimum atomic E-state index is -0.424. The Morgan fingerprint density at radius 3 is 2.62 bits per heavy atom. The molecule has 0 aliphatic carbocycles. The first-order valence-electron chi connectivity index (χ1n) is 8.09. The molecule has 0 spiro atoms. The zero-order chi connectivity index (χ0) is 18.7. The number of rotatable bonds is 6. The summed E-state index contributed by atoms with van der Waals surface area (Å²) in [5.41, 5.74) is 0.807. The fourth-order valence-electron chi connectivity index (χ4n) is 2.69. The van der Waals surface area contributed by atoms with Crippen LogP contribution in [0, 0.1) is 5.82 Å². The fourth-order valence-corrected chi connectivity index (χ4v) is 3.39. The number of nitrogens with zero attached hydrogens (tertiary/aromatic N) is 2. The van der Waals surface area contributed by atoms with Crippen molar-refractivity contribution >= 4 is 17.2 Å². The molecule has 0 aliphatic rings. The number of carbonyl (C=O) groups is 1. The fraction of sp³-hybridized carbons (Fsp3) is 0.211. The maximum atomic E-state index is 13.0. The normalized spacial score (nSPS) is 10.8. The van der Waals surface area contributed by atoms with Crippen LogP contribution in [0.5, 0.6) is 11.6 Å². The predicted molar refractivity (Wildman–Crippen MR) is 98.0 cm³/mol. The Bertz CT molecular complexity index is 888. The van der Waals surface area contributed by atoms with E-state index >= 15 is 0 Å². The molecule has 3 rings (SSSR count). The summed E-state index contributed by atoms with van der Waals surface area (Å²) in [6.45, 7) is 0.717. The SMILES string of the molecule is CN(Cc1ccc(F)cc1)C(=O)c1cn(CCc2cccs2)c(O)c1O. The van der Waals surface area contributed by atoms with Gasteiger partial charge in [-0.25, -0.2) is 4.39 Å². The van der Waals surface area contributed by atoms with Crippen molar-refractivity contribution in [3.8, 4) is 11.6 Å². The molecule has 0 fully saturated rings. The van der Waals surface area contributed by atoms with E-state index in [1.807, 2.05) is 17.5 Å². The Morgan fingerprint density at radius 1 is 1.23 bits per heavy atom. The molecule has 0 unspecified atom stereocenters. The number of aromatic nitrogens is 1. The molecule has 136 valence electrons. The number of carbonyl (C=O) groups excluding carboxylic acids is 1. The Kier molecular flexibility index (Phi) is 5.27. The van der Waals surface area contributed by atoms with Crippen LogP contribution in [0.15, 0.2) is 48.0 Å². The molecule has 3 aromatic rings. The van der Waals surface area contributed by atoms with Crippen LogP contribution in [0.3, 0.4) is 0 Å². The van der Waals surface area contributed by atoms with Crippen molar-refractivity contribution in [3.63, 3.8) is 0 Å². The topological polar surface area (TPSA) is 65.7 Å². The largest absolute Gasteiger partial charge is 0.503 e. The van der Waals surface area contributed by atoms with Gasteiger partial charge in [-0.3, -0.25) is 4.79 Å². The highest BCUT2D eigenvalue weighted by Crippen LogP contribution is 2.32. The molecule has 1 aromatic carbocycles. The Labute approximate surface area is 154 Å². The van der Waals surface area contributed by atoms with E-state index in [0.717, 1.165) is 10.4 Å². The van der Waals surface area contributed by atoms with Gasteiger partial charge in [-0.1, -0.05) is 18.2 Å². The van der Waals surface area contributed by atoms with Gasteiger partial charge in [0.1, 0.15) is 11.4 Å². The van der Waals surface area contributed by atoms with Crippen LogP contribution in [0.25, 0.3) is 0 Å². The van der Waals surface area contributed by atoms with E-state index in [2.05, 4.69) is 0 Å². The van der Waals surface area contributed by atoms with E-state index in [1.165, 1.54) is 27.8 Å². The van der Waals surface area contributed by atoms with Crippen molar-refractivity contribution < 1.29 is 19.4 Å². The summed E-state index contributed by atoms with van der Waals surface area (Å²) in [7, 11) is 1.59. The molecule has 26 heavy (non-hydrogen) atoms. The summed E-state index contributed by atoms with van der Waals surface area (Å²) in [6.07, 6.45) is 2.15. The van der Waals surface area contributed by atoms with Crippen molar-refractivity contribution in [1.29, 1.82) is 0 Å². The first-order valence-corrected chi connectivity index (χ1v) is 8.97. The predicted octanol–water partition coefficient (Wildman–Crippen LogP) is 3.61. The zero-order valence-electron chi connectivity index (χ0n) is 14.2. The van der Waals surface area contributed by atoms with Gasteiger partial charge in [0.05, 0.1) is 0 Å². The van der Waals surface area contributed by atoms with E-state index in [4.69, 9.17) is 0 Å². The molecule has 7 heteroatoms. The second-order valence-corrected chi connectivity index (χ2v) is 7.06. The van der Waals surface area contributed by atoms with E-state index < -0.39 is 11.7 Å². The molecule has 0 radical (unpaired) electrons. The third-order valence-corrected chi connectivity index (χ3v) is 5.05. The number of hydrogen-bond donors (Lipinski definition) is 2. The summed E-state index contributed by atoms with van der Waals surface area (Å²) < 4.78 is 14.4. The van der Waals surface area contributed by atoms with Crippen LogP contribution in [0.2, 0.25) is 0 Å². The van der Waals surface area contributed by atoms with Crippen molar-refractivity contribution in [1.82, 2.24) is 9.47 Å². The Morgan fingerprint density at radius 2 is 1.96 bits per heavy atom. The maximum absolute atomic E-state index is 13.0. The van der Waals surface area contributed by atoms with E-state index in [9.17, 15) is 19.4 Å². The highest BCUT2D eigenvalue weighted by Gasteiger charge is 2.23. The van der Waals surface area contributed by atoms with Gasteiger partial charge >= 0.3 is 0 Å².